The van der Waals surface area contributed by atoms with Gasteiger partial charge < -0.3 is 4.90 Å². The lowest BCUT2D eigenvalue weighted by Gasteiger charge is -2.27. The second-order valence-electron chi connectivity index (χ2n) is 4.53. The summed E-state index contributed by atoms with van der Waals surface area (Å²) in [6.07, 6.45) is 3.46. The predicted octanol–water partition coefficient (Wildman–Crippen LogP) is 3.31. The third-order valence-electron chi connectivity index (χ3n) is 3.13. The summed E-state index contributed by atoms with van der Waals surface area (Å²) in [5, 5.41) is 0.658. The van der Waals surface area contributed by atoms with E-state index in [1.807, 2.05) is 36.4 Å². The third-order valence-corrected chi connectivity index (χ3v) is 3.38. The number of benzene rings is 1. The molecule has 106 valence electrons. The van der Waals surface area contributed by atoms with Gasteiger partial charge in [-0.3, -0.25) is 9.78 Å². The van der Waals surface area contributed by atoms with Gasteiger partial charge >= 0.3 is 0 Å². The van der Waals surface area contributed by atoms with E-state index >= 15 is 0 Å². The van der Waals surface area contributed by atoms with Crippen molar-refractivity contribution in [2.75, 3.05) is 7.05 Å². The van der Waals surface area contributed by atoms with Crippen molar-refractivity contribution in [3.63, 3.8) is 0 Å². The van der Waals surface area contributed by atoms with Crippen molar-refractivity contribution < 1.29 is 4.79 Å². The molecule has 2 aromatic rings. The van der Waals surface area contributed by atoms with Crippen LogP contribution in [0.2, 0.25) is 5.02 Å². The Morgan fingerprint density at radius 1 is 1.24 bits per heavy atom. The van der Waals surface area contributed by atoms with Crippen LogP contribution in [0.15, 0.2) is 48.8 Å². The van der Waals surface area contributed by atoms with Gasteiger partial charge in [-0.25, -0.2) is 0 Å². The number of halogens is 1. The lowest BCUT2D eigenvalue weighted by atomic mass is 9.99. The quantitative estimate of drug-likeness (QED) is 0.815. The molecule has 1 heterocycles. The largest absolute Gasteiger partial charge is 0.324 e. The summed E-state index contributed by atoms with van der Waals surface area (Å²) in [6.45, 7) is 1.65. The molecule has 0 fully saturated rings. The molecule has 4 heteroatoms. The van der Waals surface area contributed by atoms with Gasteiger partial charge in [-0.05, 0) is 42.2 Å². The van der Waals surface area contributed by atoms with Crippen LogP contribution in [0.3, 0.4) is 0 Å². The van der Waals surface area contributed by atoms with E-state index in [0.29, 0.717) is 5.02 Å². The van der Waals surface area contributed by atoms with E-state index in [4.69, 9.17) is 11.6 Å². The number of nitrogens with zero attached hydrogens (tertiary/aromatic N) is 2. The van der Waals surface area contributed by atoms with Gasteiger partial charge in [-0.1, -0.05) is 35.7 Å². The van der Waals surface area contributed by atoms with Gasteiger partial charge in [0.25, 0.3) is 5.91 Å². The minimum atomic E-state index is -0.246. The number of hydrogen-bond acceptors (Lipinski definition) is 2. The zero-order chi connectivity index (χ0) is 15.2. The monoisotopic (exact) mass is 298 g/mol. The summed E-state index contributed by atoms with van der Waals surface area (Å²) in [5.74, 6) is 4.97. The molecule has 0 aliphatic heterocycles. The summed E-state index contributed by atoms with van der Waals surface area (Å²) < 4.78 is 0. The normalized spacial score (nSPS) is 11.2. The smallest absolute Gasteiger partial charge is 0.298 e. The standard InChI is InChI=1S/C17H15ClN2O/c1-3-5-16(21)20(2)17(14-6-4-11-19-12-14)13-7-9-15(18)10-8-13/h4,6-12,17H,1-2H3. The van der Waals surface area contributed by atoms with Gasteiger partial charge in [0.15, 0.2) is 0 Å². The van der Waals surface area contributed by atoms with E-state index in [9.17, 15) is 4.79 Å². The topological polar surface area (TPSA) is 33.2 Å². The molecule has 0 saturated carbocycles. The van der Waals surface area contributed by atoms with Crippen LogP contribution in [0, 0.1) is 11.8 Å². The van der Waals surface area contributed by atoms with Crippen LogP contribution in [0.25, 0.3) is 0 Å². The Balaban J connectivity index is 2.46. The van der Waals surface area contributed by atoms with Crippen LogP contribution in [-0.4, -0.2) is 22.8 Å². The number of amides is 1. The van der Waals surface area contributed by atoms with Crippen LogP contribution in [-0.2, 0) is 4.79 Å². The van der Waals surface area contributed by atoms with Crippen LogP contribution < -0.4 is 0 Å². The molecule has 3 nitrogen and oxygen atoms in total. The number of pyridine rings is 1. The summed E-state index contributed by atoms with van der Waals surface area (Å²) in [5.41, 5.74) is 1.88. The number of hydrogen-bond donors (Lipinski definition) is 0. The van der Waals surface area contributed by atoms with Crippen molar-refractivity contribution in [2.45, 2.75) is 13.0 Å². The highest BCUT2D eigenvalue weighted by Crippen LogP contribution is 2.28. The van der Waals surface area contributed by atoms with Crippen LogP contribution in [0.4, 0.5) is 0 Å². The molecule has 1 unspecified atom stereocenters. The zero-order valence-corrected chi connectivity index (χ0v) is 12.6. The number of carbonyl (C=O) groups excluding carboxylic acids is 1. The summed E-state index contributed by atoms with van der Waals surface area (Å²) >= 11 is 5.94. The predicted molar refractivity (Wildman–Crippen MR) is 83.8 cm³/mol. The Morgan fingerprint density at radius 3 is 2.52 bits per heavy atom. The lowest BCUT2D eigenvalue weighted by molar-refractivity contribution is -0.125. The minimum absolute atomic E-state index is 0.235. The van der Waals surface area contributed by atoms with Gasteiger partial charge in [-0.2, -0.15) is 0 Å². The van der Waals surface area contributed by atoms with Crippen molar-refractivity contribution in [1.29, 1.82) is 0 Å². The molecule has 2 rings (SSSR count). The maximum Gasteiger partial charge on any atom is 0.298 e. The molecular weight excluding hydrogens is 284 g/mol. The Hall–Kier alpha value is -2.31. The molecule has 1 aromatic heterocycles. The zero-order valence-electron chi connectivity index (χ0n) is 11.9. The second-order valence-corrected chi connectivity index (χ2v) is 4.97. The first kappa shape index (κ1) is 15.1. The van der Waals surface area contributed by atoms with E-state index in [-0.39, 0.29) is 11.9 Å². The Bertz CT molecular complexity index is 671. The van der Waals surface area contributed by atoms with Crippen molar-refractivity contribution in [1.82, 2.24) is 9.88 Å². The average molecular weight is 299 g/mol. The molecule has 0 radical (unpaired) electrons. The fourth-order valence-corrected chi connectivity index (χ4v) is 2.26. The van der Waals surface area contributed by atoms with Crippen molar-refractivity contribution in [3.05, 3.63) is 64.9 Å². The molecule has 0 bridgehead atoms. The fourth-order valence-electron chi connectivity index (χ4n) is 2.13. The number of rotatable bonds is 3. The van der Waals surface area contributed by atoms with E-state index < -0.39 is 0 Å². The Kier molecular flexibility index (Phi) is 4.97. The van der Waals surface area contributed by atoms with E-state index in [0.717, 1.165) is 11.1 Å². The summed E-state index contributed by atoms with van der Waals surface area (Å²) in [6, 6.07) is 11.0. The molecule has 0 saturated heterocycles. The van der Waals surface area contributed by atoms with Gasteiger partial charge in [0.05, 0.1) is 6.04 Å². The summed E-state index contributed by atoms with van der Waals surface area (Å²) in [7, 11) is 1.74. The first-order valence-corrected chi connectivity index (χ1v) is 6.86. The Morgan fingerprint density at radius 2 is 1.95 bits per heavy atom. The first-order valence-electron chi connectivity index (χ1n) is 6.48. The molecule has 0 aliphatic carbocycles. The maximum atomic E-state index is 12.1. The van der Waals surface area contributed by atoms with Gasteiger partial charge in [0, 0.05) is 24.5 Å². The highest BCUT2D eigenvalue weighted by Gasteiger charge is 2.22. The highest BCUT2D eigenvalue weighted by molar-refractivity contribution is 6.30. The fraction of sp³-hybridized carbons (Fsp3) is 0.176. The third kappa shape index (κ3) is 3.62. The minimum Gasteiger partial charge on any atom is -0.324 e. The highest BCUT2D eigenvalue weighted by atomic mass is 35.5. The van der Waals surface area contributed by atoms with Crippen LogP contribution in [0.1, 0.15) is 24.1 Å². The van der Waals surface area contributed by atoms with Gasteiger partial charge in [0.2, 0.25) is 0 Å². The maximum absolute atomic E-state index is 12.1. The molecule has 1 aromatic carbocycles. The molecule has 0 spiro atoms. The molecular formula is C17H15ClN2O. The number of aromatic nitrogens is 1. The lowest BCUT2D eigenvalue weighted by Crippen LogP contribution is -2.31. The summed E-state index contributed by atoms with van der Waals surface area (Å²) in [4.78, 5) is 17.8. The van der Waals surface area contributed by atoms with E-state index in [1.165, 1.54) is 0 Å². The second kappa shape index (κ2) is 6.92. The van der Waals surface area contributed by atoms with Crippen molar-refractivity contribution in [2.24, 2.45) is 0 Å². The molecule has 0 N–H and O–H groups in total. The SMILES string of the molecule is CC#CC(=O)N(C)C(c1ccc(Cl)cc1)c1cccnc1. The van der Waals surface area contributed by atoms with Crippen LogP contribution >= 0.6 is 11.6 Å². The first-order chi connectivity index (χ1) is 10.1. The number of carbonyl (C=O) groups is 1. The molecule has 1 amide bonds. The molecule has 21 heavy (non-hydrogen) atoms. The van der Waals surface area contributed by atoms with Crippen molar-refractivity contribution >= 4 is 17.5 Å². The van der Waals surface area contributed by atoms with E-state index in [2.05, 4.69) is 16.8 Å². The molecule has 0 aliphatic rings. The van der Waals surface area contributed by atoms with Gasteiger partial charge in [-0.15, -0.1) is 0 Å². The van der Waals surface area contributed by atoms with Crippen molar-refractivity contribution in [3.8, 4) is 11.8 Å². The molecule has 1 atom stereocenters. The van der Waals surface area contributed by atoms with Crippen LogP contribution in [0.5, 0.6) is 0 Å². The van der Waals surface area contributed by atoms with E-state index in [1.54, 1.807) is 31.3 Å². The Labute approximate surface area is 129 Å². The van der Waals surface area contributed by atoms with Gasteiger partial charge in [0.1, 0.15) is 0 Å². The average Bonchev–Trinajstić information content (AvgIpc) is 2.50.